The van der Waals surface area contributed by atoms with Crippen molar-refractivity contribution in [3.05, 3.63) is 48.6 Å². The van der Waals surface area contributed by atoms with Crippen molar-refractivity contribution in [3.8, 4) is 0 Å². The Bertz CT molecular complexity index is 1340. The number of carbonyl (C=O) groups excluding carboxylic acids is 2. The van der Waals surface area contributed by atoms with E-state index in [1.807, 2.05) is 0 Å². The fourth-order valence-electron chi connectivity index (χ4n) is 11.1. The van der Waals surface area contributed by atoms with Gasteiger partial charge in [0.25, 0.3) is 0 Å². The smallest absolute Gasteiger partial charge is 0.305 e. The first-order valence-electron chi connectivity index (χ1n) is 35.9. The lowest BCUT2D eigenvalue weighted by Gasteiger charge is -2.22. The van der Waals surface area contributed by atoms with Crippen molar-refractivity contribution in [3.63, 3.8) is 0 Å². The number of hydrogen-bond acceptors (Lipinski definition) is 5. The maximum atomic E-state index is 12.5. The Kier molecular flexibility index (Phi) is 67.4. The van der Waals surface area contributed by atoms with Crippen molar-refractivity contribution >= 4 is 11.9 Å². The van der Waals surface area contributed by atoms with Gasteiger partial charge in [0.2, 0.25) is 5.91 Å². The van der Waals surface area contributed by atoms with Crippen LogP contribution in [0.25, 0.3) is 0 Å². The molecule has 0 saturated heterocycles. The number of aliphatic hydroxyl groups excluding tert-OH is 2. The summed E-state index contributed by atoms with van der Waals surface area (Å²) >= 11 is 0. The van der Waals surface area contributed by atoms with E-state index in [9.17, 15) is 19.8 Å². The molecule has 0 spiro atoms. The largest absolute Gasteiger partial charge is 0.466 e. The molecule has 80 heavy (non-hydrogen) atoms. The minimum absolute atomic E-state index is 0.00373. The maximum absolute atomic E-state index is 12.5. The Morgan fingerprint density at radius 1 is 0.350 bits per heavy atom. The predicted octanol–water partition coefficient (Wildman–Crippen LogP) is 23.3. The van der Waals surface area contributed by atoms with Crippen LogP contribution in [0.15, 0.2) is 48.6 Å². The second kappa shape index (κ2) is 69.3. The molecule has 6 nitrogen and oxygen atoms in total. The molecule has 0 heterocycles. The average Bonchev–Trinajstić information content (AvgIpc) is 3.46. The number of allylic oxidation sites excluding steroid dienone is 8. The van der Waals surface area contributed by atoms with Crippen LogP contribution in [0.2, 0.25) is 0 Å². The summed E-state index contributed by atoms with van der Waals surface area (Å²) in [5.74, 6) is -0.0384. The Hall–Kier alpha value is -2.18. The topological polar surface area (TPSA) is 95.9 Å². The molecule has 3 N–H and O–H groups in total. The quantitative estimate of drug-likeness (QED) is 0.0320. The van der Waals surface area contributed by atoms with E-state index in [2.05, 4.69) is 67.8 Å². The standard InChI is InChI=1S/C74H139NO5/c1-3-5-7-9-11-13-15-17-19-21-23-27-31-34-38-42-46-50-54-58-62-66-72(77)71(70-76)75-73(78)67-63-59-55-51-47-43-39-35-32-28-25-24-26-29-33-37-41-45-49-53-57-61-65-69-80-74(79)68-64-60-56-52-48-44-40-36-30-22-20-18-16-14-12-10-8-6-4-2/h12,14,18,20,24,26,28,32,71-72,76-77H,3-11,13,15-17,19,21-23,25,27,29-31,33-70H2,1-2H3,(H,75,78)/b14-12-,20-18-,26-24-,32-28-. The first kappa shape index (κ1) is 77.8. The molecule has 6 heteroatoms. The molecule has 0 aliphatic carbocycles. The van der Waals surface area contributed by atoms with Gasteiger partial charge in [-0.1, -0.05) is 332 Å². The first-order chi connectivity index (χ1) is 39.5. The highest BCUT2D eigenvalue weighted by Crippen LogP contribution is 2.18. The number of hydrogen-bond donors (Lipinski definition) is 3. The highest BCUT2D eigenvalue weighted by molar-refractivity contribution is 5.76. The predicted molar refractivity (Wildman–Crippen MR) is 352 cm³/mol. The number of unbranched alkanes of at least 4 members (excludes halogenated alkanes) is 48. The van der Waals surface area contributed by atoms with Gasteiger partial charge in [-0.25, -0.2) is 0 Å². The third-order valence-corrected chi connectivity index (χ3v) is 16.6. The zero-order chi connectivity index (χ0) is 57.8. The number of esters is 1. The lowest BCUT2D eigenvalue weighted by atomic mass is 10.0. The van der Waals surface area contributed by atoms with Crippen LogP contribution in [0.1, 0.15) is 386 Å². The van der Waals surface area contributed by atoms with Gasteiger partial charge >= 0.3 is 5.97 Å². The number of aliphatic hydroxyl groups is 2. The van der Waals surface area contributed by atoms with Crippen LogP contribution in [-0.4, -0.2) is 47.4 Å². The van der Waals surface area contributed by atoms with Crippen molar-refractivity contribution in [2.45, 2.75) is 398 Å². The van der Waals surface area contributed by atoms with Crippen molar-refractivity contribution in [1.82, 2.24) is 5.32 Å². The van der Waals surface area contributed by atoms with Crippen molar-refractivity contribution in [1.29, 1.82) is 0 Å². The summed E-state index contributed by atoms with van der Waals surface area (Å²) in [7, 11) is 0. The van der Waals surface area contributed by atoms with E-state index in [1.54, 1.807) is 0 Å². The van der Waals surface area contributed by atoms with E-state index in [4.69, 9.17) is 4.74 Å². The molecule has 0 saturated carbocycles. The second-order valence-corrected chi connectivity index (χ2v) is 24.6. The number of amides is 1. The van der Waals surface area contributed by atoms with Crippen molar-refractivity contribution in [2.24, 2.45) is 0 Å². The Labute approximate surface area is 499 Å². The van der Waals surface area contributed by atoms with Crippen LogP contribution in [-0.2, 0) is 14.3 Å². The zero-order valence-corrected chi connectivity index (χ0v) is 53.8. The molecule has 0 radical (unpaired) electrons. The molecule has 2 unspecified atom stereocenters. The fourth-order valence-corrected chi connectivity index (χ4v) is 11.1. The molecule has 0 aromatic carbocycles. The minimum Gasteiger partial charge on any atom is -0.466 e. The highest BCUT2D eigenvalue weighted by Gasteiger charge is 2.20. The molecule has 0 aromatic heterocycles. The molecule has 0 aliphatic heterocycles. The fraction of sp³-hybridized carbons (Fsp3) is 0.865. The number of nitrogens with one attached hydrogen (secondary N) is 1. The van der Waals surface area contributed by atoms with Gasteiger partial charge in [-0.2, -0.15) is 0 Å². The van der Waals surface area contributed by atoms with E-state index in [0.29, 0.717) is 25.9 Å². The van der Waals surface area contributed by atoms with Crippen LogP contribution in [0, 0.1) is 0 Å². The first-order valence-corrected chi connectivity index (χ1v) is 35.9. The Morgan fingerprint density at radius 2 is 0.625 bits per heavy atom. The van der Waals surface area contributed by atoms with Gasteiger partial charge < -0.3 is 20.3 Å². The van der Waals surface area contributed by atoms with Crippen LogP contribution in [0.4, 0.5) is 0 Å². The third-order valence-electron chi connectivity index (χ3n) is 16.6. The van der Waals surface area contributed by atoms with Crippen LogP contribution in [0.3, 0.4) is 0 Å². The molecule has 0 bridgehead atoms. The highest BCUT2D eigenvalue weighted by atomic mass is 16.5. The summed E-state index contributed by atoms with van der Waals surface area (Å²) in [6.07, 6.45) is 90.1. The van der Waals surface area contributed by atoms with Gasteiger partial charge in [0, 0.05) is 12.8 Å². The van der Waals surface area contributed by atoms with Gasteiger partial charge in [0.05, 0.1) is 25.4 Å². The average molecular weight is 1120 g/mol. The number of ether oxygens (including phenoxy) is 1. The van der Waals surface area contributed by atoms with E-state index < -0.39 is 12.1 Å². The molecular formula is C74H139NO5. The summed E-state index contributed by atoms with van der Waals surface area (Å²) in [6, 6.07) is -0.551. The molecule has 1 amide bonds. The van der Waals surface area contributed by atoms with E-state index in [0.717, 1.165) is 64.2 Å². The summed E-state index contributed by atoms with van der Waals surface area (Å²) < 4.78 is 5.50. The van der Waals surface area contributed by atoms with Crippen LogP contribution < -0.4 is 5.32 Å². The van der Waals surface area contributed by atoms with Gasteiger partial charge in [0.1, 0.15) is 0 Å². The number of rotatable bonds is 67. The Balaban J connectivity index is 3.44. The van der Waals surface area contributed by atoms with Crippen molar-refractivity contribution < 1.29 is 24.5 Å². The zero-order valence-electron chi connectivity index (χ0n) is 53.8. The number of carbonyl (C=O) groups is 2. The van der Waals surface area contributed by atoms with E-state index >= 15 is 0 Å². The van der Waals surface area contributed by atoms with Gasteiger partial charge in [-0.15, -0.1) is 0 Å². The van der Waals surface area contributed by atoms with Crippen molar-refractivity contribution in [2.75, 3.05) is 13.2 Å². The molecule has 0 rings (SSSR count). The molecule has 470 valence electrons. The second-order valence-electron chi connectivity index (χ2n) is 24.6. The van der Waals surface area contributed by atoms with Gasteiger partial charge in [-0.05, 0) is 89.9 Å². The lowest BCUT2D eigenvalue weighted by Crippen LogP contribution is -2.45. The SMILES string of the molecule is CCCCC/C=C\C/C=C\CCCCCCCCCCCC(=O)OCCCCCCCCCCC/C=C\C/C=C\CCCCCCCCCC(=O)NC(CO)C(O)CCCCCCCCCCCCCCCCCCCCCCC. The molecular weight excluding hydrogens is 983 g/mol. The summed E-state index contributed by atoms with van der Waals surface area (Å²) in [6.45, 7) is 4.95. The monoisotopic (exact) mass is 1120 g/mol. The van der Waals surface area contributed by atoms with Crippen LogP contribution >= 0.6 is 0 Å². The maximum Gasteiger partial charge on any atom is 0.305 e. The van der Waals surface area contributed by atoms with E-state index in [-0.39, 0.29) is 18.5 Å². The van der Waals surface area contributed by atoms with Crippen LogP contribution in [0.5, 0.6) is 0 Å². The lowest BCUT2D eigenvalue weighted by molar-refractivity contribution is -0.143. The van der Waals surface area contributed by atoms with Gasteiger partial charge in [0.15, 0.2) is 0 Å². The summed E-state index contributed by atoms with van der Waals surface area (Å²) in [5, 5.41) is 23.4. The molecule has 2 atom stereocenters. The van der Waals surface area contributed by atoms with Gasteiger partial charge in [-0.3, -0.25) is 9.59 Å². The third kappa shape index (κ3) is 65.0. The van der Waals surface area contributed by atoms with E-state index in [1.165, 1.54) is 289 Å². The minimum atomic E-state index is -0.673. The molecule has 0 aromatic rings. The normalized spacial score (nSPS) is 12.8. The summed E-state index contributed by atoms with van der Waals surface area (Å²) in [4.78, 5) is 24.7. The summed E-state index contributed by atoms with van der Waals surface area (Å²) in [5.41, 5.74) is 0. The molecule has 0 fully saturated rings. The molecule has 0 aliphatic rings. The Morgan fingerprint density at radius 3 is 0.975 bits per heavy atom.